The molecule has 0 unspecified atom stereocenters. The lowest BCUT2D eigenvalue weighted by Crippen LogP contribution is -2.26. The Bertz CT molecular complexity index is 1650. The average Bonchev–Trinajstić information content (AvgIpc) is 3.71. The van der Waals surface area contributed by atoms with E-state index in [9.17, 15) is 18.0 Å². The van der Waals surface area contributed by atoms with Crippen molar-refractivity contribution in [3.63, 3.8) is 0 Å². The quantitative estimate of drug-likeness (QED) is 0.143. The molecule has 1 fully saturated rings. The molecule has 1 aliphatic heterocycles. The molecule has 1 saturated heterocycles. The van der Waals surface area contributed by atoms with Gasteiger partial charge in [0.1, 0.15) is 17.8 Å². The number of amidine groups is 1. The molecule has 0 radical (unpaired) electrons. The zero-order valence-electron chi connectivity index (χ0n) is 26.0. The average molecular weight is 652 g/mol. The Morgan fingerprint density at radius 2 is 1.74 bits per heavy atom. The van der Waals surface area contributed by atoms with E-state index < -0.39 is 6.36 Å². The summed E-state index contributed by atoms with van der Waals surface area (Å²) in [5.41, 5.74) is 4.82. The molecule has 2 heterocycles. The van der Waals surface area contributed by atoms with Crippen LogP contribution in [-0.4, -0.2) is 51.6 Å². The molecule has 1 aliphatic rings. The van der Waals surface area contributed by atoms with Crippen LogP contribution in [0, 0.1) is 0 Å². The van der Waals surface area contributed by atoms with Crippen molar-refractivity contribution in [2.75, 3.05) is 24.3 Å². The van der Waals surface area contributed by atoms with Gasteiger partial charge in [-0.3, -0.25) is 4.79 Å². The zero-order valence-corrected chi connectivity index (χ0v) is 26.8. The highest BCUT2D eigenvalue weighted by Crippen LogP contribution is 2.35. The van der Waals surface area contributed by atoms with Crippen molar-refractivity contribution in [3.8, 4) is 28.6 Å². The van der Waals surface area contributed by atoms with Crippen LogP contribution in [0.25, 0.3) is 17.1 Å². The van der Waals surface area contributed by atoms with Crippen LogP contribution in [0.2, 0.25) is 0 Å². The topological polar surface area (TPSA) is 81.8 Å². The smallest absolute Gasteiger partial charge is 0.497 e. The lowest BCUT2D eigenvalue weighted by Gasteiger charge is -2.23. The number of aliphatic imine (C=N–C) groups is 1. The molecular weight excluding hydrogens is 615 g/mol. The number of ether oxygens (including phenoxy) is 2. The minimum absolute atomic E-state index is 0.0871. The van der Waals surface area contributed by atoms with Gasteiger partial charge in [-0.15, -0.1) is 18.3 Å². The highest BCUT2D eigenvalue weighted by atomic mass is 32.2. The number of aryl methyl sites for hydroxylation is 1. The lowest BCUT2D eigenvalue weighted by molar-refractivity contribution is -0.274. The first-order chi connectivity index (χ1) is 22.1. The number of unbranched alkanes of at least 4 members (excludes halogenated alkanes) is 2. The van der Waals surface area contributed by atoms with Crippen LogP contribution in [0.4, 0.5) is 18.9 Å². The van der Waals surface area contributed by atoms with Gasteiger partial charge in [-0.25, -0.2) is 9.67 Å². The minimum Gasteiger partial charge on any atom is -0.497 e. The monoisotopic (exact) mass is 651 g/mol. The predicted octanol–water partition coefficient (Wildman–Crippen LogP) is 8.20. The Morgan fingerprint density at radius 1 is 1.00 bits per heavy atom. The van der Waals surface area contributed by atoms with Gasteiger partial charge in [0.05, 0.1) is 12.8 Å². The molecule has 12 heteroatoms. The normalized spacial score (nSPS) is 14.3. The summed E-state index contributed by atoms with van der Waals surface area (Å²) in [5, 5.41) is 5.22. The number of carbonyl (C=O) groups excluding carboxylic acids is 1. The van der Waals surface area contributed by atoms with Crippen molar-refractivity contribution < 1.29 is 27.4 Å². The molecule has 242 valence electrons. The van der Waals surface area contributed by atoms with E-state index in [1.54, 1.807) is 18.9 Å². The zero-order chi connectivity index (χ0) is 32.7. The predicted molar refractivity (Wildman–Crippen MR) is 175 cm³/mol. The van der Waals surface area contributed by atoms with Gasteiger partial charge in [-0.05, 0) is 78.8 Å². The third kappa shape index (κ3) is 8.68. The maximum absolute atomic E-state index is 12.8. The first-order valence-corrected chi connectivity index (χ1v) is 16.1. The number of thioether (sulfide) groups is 1. The first-order valence-electron chi connectivity index (χ1n) is 15.2. The van der Waals surface area contributed by atoms with Gasteiger partial charge in [0.15, 0.2) is 11.0 Å². The maximum atomic E-state index is 12.8. The van der Waals surface area contributed by atoms with Crippen molar-refractivity contribution in [1.29, 1.82) is 0 Å². The second-order valence-electron chi connectivity index (χ2n) is 11.2. The number of rotatable bonds is 12. The molecule has 4 aromatic rings. The number of benzene rings is 3. The fourth-order valence-electron chi connectivity index (χ4n) is 5.17. The van der Waals surface area contributed by atoms with E-state index in [4.69, 9.17) is 4.74 Å². The van der Waals surface area contributed by atoms with Gasteiger partial charge in [-0.1, -0.05) is 56.3 Å². The van der Waals surface area contributed by atoms with Crippen molar-refractivity contribution >= 4 is 28.5 Å². The molecule has 0 N–H and O–H groups in total. The second kappa shape index (κ2) is 14.8. The molecule has 0 atom stereocenters. The van der Waals surface area contributed by atoms with E-state index in [-0.39, 0.29) is 11.7 Å². The van der Waals surface area contributed by atoms with Crippen LogP contribution in [0.5, 0.6) is 11.5 Å². The summed E-state index contributed by atoms with van der Waals surface area (Å²) in [5.74, 6) is 2.15. The number of nitrogens with zero attached hydrogens (tertiary/aromatic N) is 5. The summed E-state index contributed by atoms with van der Waals surface area (Å²) >= 11 is 1.62. The van der Waals surface area contributed by atoms with Crippen LogP contribution in [0.3, 0.4) is 0 Å². The summed E-state index contributed by atoms with van der Waals surface area (Å²) < 4.78 is 48.1. The number of hydrogen-bond donors (Lipinski definition) is 0. The summed E-state index contributed by atoms with van der Waals surface area (Å²) in [6, 6.07) is 19.5. The van der Waals surface area contributed by atoms with Gasteiger partial charge < -0.3 is 14.4 Å². The van der Waals surface area contributed by atoms with Crippen LogP contribution >= 0.6 is 11.8 Å². The van der Waals surface area contributed by atoms with Crippen molar-refractivity contribution in [2.24, 2.45) is 4.99 Å². The Labute approximate surface area is 270 Å². The lowest BCUT2D eigenvalue weighted by atomic mass is 10.00. The Hall–Kier alpha value is -4.32. The summed E-state index contributed by atoms with van der Waals surface area (Å²) in [4.78, 5) is 23.7. The highest BCUT2D eigenvalue weighted by Gasteiger charge is 2.31. The number of methoxy groups -OCH3 is 1. The number of aromatic nitrogens is 3. The second-order valence-corrected chi connectivity index (χ2v) is 12.2. The fourth-order valence-corrected chi connectivity index (χ4v) is 6.14. The molecule has 1 aromatic heterocycles. The molecule has 1 amide bonds. The Kier molecular flexibility index (Phi) is 10.7. The van der Waals surface area contributed by atoms with Gasteiger partial charge in [-0.2, -0.15) is 4.99 Å². The van der Waals surface area contributed by atoms with Gasteiger partial charge in [0.2, 0.25) is 5.91 Å². The van der Waals surface area contributed by atoms with E-state index in [0.717, 1.165) is 60.1 Å². The fraction of sp³-hybridized carbons (Fsp3) is 0.353. The van der Waals surface area contributed by atoms with E-state index in [0.29, 0.717) is 23.9 Å². The van der Waals surface area contributed by atoms with Gasteiger partial charge in [0.25, 0.3) is 0 Å². The molecule has 0 aliphatic carbocycles. The van der Waals surface area contributed by atoms with Crippen molar-refractivity contribution in [1.82, 2.24) is 14.8 Å². The highest BCUT2D eigenvalue weighted by molar-refractivity contribution is 8.14. The van der Waals surface area contributed by atoms with E-state index in [1.165, 1.54) is 46.4 Å². The number of amides is 1. The Balaban J connectivity index is 1.08. The molecule has 46 heavy (non-hydrogen) atoms. The maximum Gasteiger partial charge on any atom is 0.573 e. The van der Waals surface area contributed by atoms with Crippen molar-refractivity contribution in [3.05, 3.63) is 84.2 Å². The van der Waals surface area contributed by atoms with Gasteiger partial charge in [0, 0.05) is 30.0 Å². The van der Waals surface area contributed by atoms with Crippen LogP contribution < -0.4 is 14.4 Å². The number of alkyl halides is 3. The summed E-state index contributed by atoms with van der Waals surface area (Å²) in [6.45, 7) is 5.12. The minimum atomic E-state index is -4.74. The third-order valence-corrected chi connectivity index (χ3v) is 8.50. The van der Waals surface area contributed by atoms with Crippen molar-refractivity contribution in [2.45, 2.75) is 58.2 Å². The molecule has 0 saturated carbocycles. The molecule has 8 nitrogen and oxygen atoms in total. The SMILES string of the molecule is COc1ccc(N2CCSC2=NC(=O)CCCCCc2ccc(-c3ncn(-c4ccc(OC(F)(F)F)cc4)n3)cc2)c(C(C)C)c1. The largest absolute Gasteiger partial charge is 0.573 e. The first kappa shape index (κ1) is 33.1. The molecule has 5 rings (SSSR count). The molecule has 3 aromatic carbocycles. The van der Waals surface area contributed by atoms with Gasteiger partial charge >= 0.3 is 6.36 Å². The summed E-state index contributed by atoms with van der Waals surface area (Å²) in [6.07, 6.45) is 0.734. The van der Waals surface area contributed by atoms with E-state index in [2.05, 4.69) is 50.7 Å². The standard InChI is InChI=1S/C34H36F3N5O3S/c1-23(2)29-21-28(44-3)17-18-30(29)41-19-20-46-33(41)39-31(43)8-6-4-5-7-24-9-11-25(12-10-24)32-38-22-42(40-32)26-13-15-27(16-14-26)45-34(35,36)37/h9-18,21-23H,4-8,19-20H2,1-3H3. The number of hydrogen-bond acceptors (Lipinski definition) is 6. The molecule has 0 spiro atoms. The molecular formula is C34H36F3N5O3S. The van der Waals surface area contributed by atoms with E-state index >= 15 is 0 Å². The van der Waals surface area contributed by atoms with Crippen LogP contribution in [0.15, 0.2) is 78.0 Å². The number of halogens is 3. The van der Waals surface area contributed by atoms with E-state index in [1.807, 2.05) is 30.3 Å². The van der Waals surface area contributed by atoms with Crippen LogP contribution in [-0.2, 0) is 11.2 Å². The van der Waals surface area contributed by atoms with Crippen LogP contribution in [0.1, 0.15) is 56.6 Å². The summed E-state index contributed by atoms with van der Waals surface area (Å²) in [7, 11) is 1.67. The molecule has 0 bridgehead atoms. The third-order valence-electron chi connectivity index (χ3n) is 7.54. The number of carbonyl (C=O) groups is 1. The Morgan fingerprint density at radius 3 is 2.43 bits per heavy atom. The number of anilines is 1.